The molecule has 0 bridgehead atoms. The number of benzene rings is 2. The van der Waals surface area contributed by atoms with E-state index in [9.17, 15) is 9.18 Å². The molecule has 0 fully saturated rings. The second kappa shape index (κ2) is 7.55. The molecule has 148 valence electrons. The Kier molecular flexibility index (Phi) is 4.72. The highest BCUT2D eigenvalue weighted by Crippen LogP contribution is 2.33. The van der Waals surface area contributed by atoms with Gasteiger partial charge < -0.3 is 5.73 Å². The zero-order valence-corrected chi connectivity index (χ0v) is 17.2. The van der Waals surface area contributed by atoms with E-state index in [0.29, 0.717) is 0 Å². The number of nitrogens with zero attached hydrogens (tertiary/aromatic N) is 3. The first-order chi connectivity index (χ1) is 14.5. The first-order valence-corrected chi connectivity index (χ1v) is 10.8. The Hall–Kier alpha value is -3.23. The molecule has 5 nitrogen and oxygen atoms in total. The molecule has 0 aliphatic rings. The molecule has 0 atom stereocenters. The van der Waals surface area contributed by atoms with Gasteiger partial charge in [-0.15, -0.1) is 11.3 Å². The lowest BCUT2D eigenvalue weighted by molar-refractivity contribution is -0.117. The van der Waals surface area contributed by atoms with Gasteiger partial charge in [0.2, 0.25) is 5.91 Å². The lowest BCUT2D eigenvalue weighted by atomic mass is 10.1. The second-order valence-corrected chi connectivity index (χ2v) is 8.94. The molecule has 0 radical (unpaired) electrons. The summed E-state index contributed by atoms with van der Waals surface area (Å²) in [6, 6.07) is 16.4. The van der Waals surface area contributed by atoms with Gasteiger partial charge in [0.1, 0.15) is 21.5 Å². The number of hydrogen-bond acceptors (Lipinski definition) is 5. The number of carbonyl (C=O) groups excluding carboxylic acids is 1. The van der Waals surface area contributed by atoms with Crippen molar-refractivity contribution < 1.29 is 9.18 Å². The predicted octanol–water partition coefficient (Wildman–Crippen LogP) is 4.93. The standard InChI is InChI=1S/C22H15FN4OS2/c23-15-4-1-13(2-5-15)14-3-8-20-25-11-22(27(20)12-14)29-16-6-7-17-18(9-16)30-21(26-17)10-19(24)28/h1-9,11-12H,10H2,(H2,24,28). The number of primary amides is 1. The van der Waals surface area contributed by atoms with Crippen LogP contribution in [0.5, 0.6) is 0 Å². The van der Waals surface area contributed by atoms with Crippen LogP contribution in [-0.2, 0) is 11.2 Å². The second-order valence-electron chi connectivity index (χ2n) is 6.73. The molecule has 2 aromatic carbocycles. The molecule has 30 heavy (non-hydrogen) atoms. The highest BCUT2D eigenvalue weighted by Gasteiger charge is 2.11. The topological polar surface area (TPSA) is 73.3 Å². The van der Waals surface area contributed by atoms with Crippen molar-refractivity contribution in [2.45, 2.75) is 16.3 Å². The molecule has 3 aromatic heterocycles. The van der Waals surface area contributed by atoms with Gasteiger partial charge in [-0.2, -0.15) is 0 Å². The van der Waals surface area contributed by atoms with Crippen LogP contribution >= 0.6 is 23.1 Å². The molecular weight excluding hydrogens is 419 g/mol. The van der Waals surface area contributed by atoms with Crippen molar-refractivity contribution in [2.24, 2.45) is 5.73 Å². The third kappa shape index (κ3) is 3.67. The summed E-state index contributed by atoms with van der Waals surface area (Å²) in [7, 11) is 0. The molecule has 0 saturated heterocycles. The summed E-state index contributed by atoms with van der Waals surface area (Å²) in [5.74, 6) is -0.637. The van der Waals surface area contributed by atoms with Crippen LogP contribution in [0.3, 0.4) is 0 Å². The molecule has 0 unspecified atom stereocenters. The number of rotatable bonds is 5. The number of imidazole rings is 1. The third-order valence-corrected chi connectivity index (χ3v) is 6.62. The highest BCUT2D eigenvalue weighted by atomic mass is 32.2. The van der Waals surface area contributed by atoms with Crippen molar-refractivity contribution in [3.63, 3.8) is 0 Å². The van der Waals surface area contributed by atoms with E-state index in [1.165, 1.54) is 23.5 Å². The number of hydrogen-bond donors (Lipinski definition) is 1. The minimum absolute atomic E-state index is 0.154. The van der Waals surface area contributed by atoms with Crippen LogP contribution < -0.4 is 5.73 Å². The molecule has 5 aromatic rings. The van der Waals surface area contributed by atoms with E-state index in [1.54, 1.807) is 23.9 Å². The molecule has 0 saturated carbocycles. The summed E-state index contributed by atoms with van der Waals surface area (Å²) in [6.45, 7) is 0. The Bertz CT molecular complexity index is 1390. The smallest absolute Gasteiger partial charge is 0.224 e. The predicted molar refractivity (Wildman–Crippen MR) is 117 cm³/mol. The summed E-state index contributed by atoms with van der Waals surface area (Å²) in [6.07, 6.45) is 4.00. The van der Waals surface area contributed by atoms with Gasteiger partial charge in [-0.25, -0.2) is 14.4 Å². The molecule has 0 aliphatic heterocycles. The summed E-state index contributed by atoms with van der Waals surface area (Å²) in [5, 5.41) is 1.69. The van der Waals surface area contributed by atoms with Crippen LogP contribution in [0.25, 0.3) is 27.0 Å². The van der Waals surface area contributed by atoms with Crippen molar-refractivity contribution in [3.05, 3.63) is 77.8 Å². The van der Waals surface area contributed by atoms with E-state index in [0.717, 1.165) is 41.9 Å². The van der Waals surface area contributed by atoms with Crippen LogP contribution in [0.1, 0.15) is 5.01 Å². The van der Waals surface area contributed by atoms with E-state index >= 15 is 0 Å². The quantitative estimate of drug-likeness (QED) is 0.426. The van der Waals surface area contributed by atoms with Gasteiger partial charge in [-0.3, -0.25) is 9.20 Å². The lowest BCUT2D eigenvalue weighted by Gasteiger charge is -2.06. The fourth-order valence-electron chi connectivity index (χ4n) is 3.21. The van der Waals surface area contributed by atoms with E-state index in [-0.39, 0.29) is 18.1 Å². The van der Waals surface area contributed by atoms with E-state index in [2.05, 4.69) is 16.0 Å². The maximum atomic E-state index is 13.2. The van der Waals surface area contributed by atoms with Gasteiger partial charge >= 0.3 is 0 Å². The maximum absolute atomic E-state index is 13.2. The van der Waals surface area contributed by atoms with Crippen LogP contribution in [0.4, 0.5) is 4.39 Å². The Morgan fingerprint density at radius 3 is 2.70 bits per heavy atom. The molecule has 1 amide bonds. The third-order valence-electron chi connectivity index (χ3n) is 4.60. The molecule has 0 aliphatic carbocycles. The number of amides is 1. The number of nitrogens with two attached hydrogens (primary N) is 1. The minimum Gasteiger partial charge on any atom is -0.369 e. The number of thiazole rings is 1. The fraction of sp³-hybridized carbons (Fsp3) is 0.0455. The van der Waals surface area contributed by atoms with Gasteiger partial charge in [0.05, 0.1) is 22.8 Å². The van der Waals surface area contributed by atoms with Gasteiger partial charge in [0, 0.05) is 11.1 Å². The summed E-state index contributed by atoms with van der Waals surface area (Å²) >= 11 is 3.07. The highest BCUT2D eigenvalue weighted by molar-refractivity contribution is 7.99. The summed E-state index contributed by atoms with van der Waals surface area (Å²) in [5.41, 5.74) is 8.90. The van der Waals surface area contributed by atoms with Crippen LogP contribution in [0, 0.1) is 5.82 Å². The molecule has 5 rings (SSSR count). The first kappa shape index (κ1) is 18.8. The monoisotopic (exact) mass is 434 g/mol. The summed E-state index contributed by atoms with van der Waals surface area (Å²) in [4.78, 5) is 21.1. The Balaban J connectivity index is 1.48. The van der Waals surface area contributed by atoms with Gasteiger partial charge in [-0.05, 0) is 53.6 Å². The molecule has 3 heterocycles. The number of pyridine rings is 1. The van der Waals surface area contributed by atoms with E-state index in [1.807, 2.05) is 41.1 Å². The average Bonchev–Trinajstić information content (AvgIpc) is 3.31. The minimum atomic E-state index is -0.383. The van der Waals surface area contributed by atoms with Gasteiger partial charge in [-0.1, -0.05) is 23.9 Å². The van der Waals surface area contributed by atoms with Crippen LogP contribution in [0.2, 0.25) is 0 Å². The van der Waals surface area contributed by atoms with Gasteiger partial charge in [0.15, 0.2) is 0 Å². The number of aromatic nitrogens is 3. The molecule has 0 spiro atoms. The fourth-order valence-corrected chi connectivity index (χ4v) is 5.20. The first-order valence-electron chi connectivity index (χ1n) is 9.14. The van der Waals surface area contributed by atoms with Crippen molar-refractivity contribution in [2.75, 3.05) is 0 Å². The molecule has 8 heteroatoms. The average molecular weight is 435 g/mol. The van der Waals surface area contributed by atoms with Crippen molar-refractivity contribution in [1.29, 1.82) is 0 Å². The zero-order chi connectivity index (χ0) is 20.7. The van der Waals surface area contributed by atoms with E-state index in [4.69, 9.17) is 5.73 Å². The Morgan fingerprint density at radius 2 is 1.90 bits per heavy atom. The number of fused-ring (bicyclic) bond motifs is 2. The summed E-state index contributed by atoms with van der Waals surface area (Å²) < 4.78 is 16.3. The maximum Gasteiger partial charge on any atom is 0.224 e. The Labute approximate surface area is 179 Å². The molecular formula is C22H15FN4OS2. The normalized spacial score (nSPS) is 11.4. The lowest BCUT2D eigenvalue weighted by Crippen LogP contribution is -2.13. The van der Waals surface area contributed by atoms with Crippen LogP contribution in [-0.4, -0.2) is 20.3 Å². The van der Waals surface area contributed by atoms with Crippen molar-refractivity contribution in [3.8, 4) is 11.1 Å². The SMILES string of the molecule is NC(=O)Cc1nc2ccc(Sc3cnc4ccc(-c5ccc(F)cc5)cn34)cc2s1. The van der Waals surface area contributed by atoms with Gasteiger partial charge in [0.25, 0.3) is 0 Å². The Morgan fingerprint density at radius 1 is 1.10 bits per heavy atom. The van der Waals surface area contributed by atoms with E-state index < -0.39 is 0 Å². The molecule has 2 N–H and O–H groups in total. The largest absolute Gasteiger partial charge is 0.369 e. The van der Waals surface area contributed by atoms with Crippen molar-refractivity contribution in [1.82, 2.24) is 14.4 Å². The van der Waals surface area contributed by atoms with Crippen molar-refractivity contribution >= 4 is 44.9 Å². The van der Waals surface area contributed by atoms with Crippen LogP contribution in [0.15, 0.2) is 76.9 Å². The number of halogens is 1. The number of carbonyl (C=O) groups is 1. The zero-order valence-electron chi connectivity index (χ0n) is 15.6.